The SMILES string of the molecule is CCNC(=NCC(C)(O)c1ccco1)NCCOc1cccc(C)c1. The number of nitrogens with zero attached hydrogens (tertiary/aromatic N) is 1. The molecule has 0 amide bonds. The molecule has 3 N–H and O–H groups in total. The highest BCUT2D eigenvalue weighted by atomic mass is 16.5. The van der Waals surface area contributed by atoms with Crippen LogP contribution < -0.4 is 15.4 Å². The Bertz CT molecular complexity index is 666. The minimum Gasteiger partial charge on any atom is -0.492 e. The first kappa shape index (κ1) is 18.9. The van der Waals surface area contributed by atoms with Crippen LogP contribution in [0.25, 0.3) is 0 Å². The van der Waals surface area contributed by atoms with E-state index in [0.717, 1.165) is 12.3 Å². The standard InChI is InChI=1S/C19H27N3O3/c1-4-20-18(22-14-19(3,23)17-9-6-11-25-17)21-10-12-24-16-8-5-7-15(2)13-16/h5-9,11,13,23H,4,10,12,14H2,1-3H3,(H2,20,21,22). The molecular weight excluding hydrogens is 318 g/mol. The van der Waals surface area contributed by atoms with Crippen molar-refractivity contribution in [3.8, 4) is 5.75 Å². The van der Waals surface area contributed by atoms with E-state index in [9.17, 15) is 5.11 Å². The maximum absolute atomic E-state index is 10.5. The highest BCUT2D eigenvalue weighted by Gasteiger charge is 2.25. The molecule has 1 unspecified atom stereocenters. The molecule has 136 valence electrons. The van der Waals surface area contributed by atoms with E-state index in [1.807, 2.05) is 38.1 Å². The van der Waals surface area contributed by atoms with Crippen LogP contribution in [0.5, 0.6) is 5.75 Å². The summed E-state index contributed by atoms with van der Waals surface area (Å²) >= 11 is 0. The second-order valence-electron chi connectivity index (χ2n) is 6.04. The molecule has 1 heterocycles. The van der Waals surface area contributed by atoms with Crippen molar-refractivity contribution in [3.05, 3.63) is 54.0 Å². The molecule has 1 aromatic carbocycles. The van der Waals surface area contributed by atoms with E-state index in [4.69, 9.17) is 9.15 Å². The van der Waals surface area contributed by atoms with Crippen LogP contribution in [-0.2, 0) is 5.60 Å². The zero-order valence-corrected chi connectivity index (χ0v) is 15.1. The van der Waals surface area contributed by atoms with Crippen LogP contribution in [0.3, 0.4) is 0 Å². The summed E-state index contributed by atoms with van der Waals surface area (Å²) in [7, 11) is 0. The topological polar surface area (TPSA) is 79.0 Å². The summed E-state index contributed by atoms with van der Waals surface area (Å²) in [5.74, 6) is 1.97. The molecule has 2 aromatic rings. The predicted octanol–water partition coefficient (Wildman–Crippen LogP) is 2.43. The van der Waals surface area contributed by atoms with Gasteiger partial charge in [-0.1, -0.05) is 12.1 Å². The molecule has 0 saturated heterocycles. The van der Waals surface area contributed by atoms with E-state index in [0.29, 0.717) is 24.9 Å². The number of aliphatic hydroxyl groups is 1. The van der Waals surface area contributed by atoms with Gasteiger partial charge in [0.25, 0.3) is 0 Å². The highest BCUT2D eigenvalue weighted by molar-refractivity contribution is 5.79. The third kappa shape index (κ3) is 6.15. The van der Waals surface area contributed by atoms with Crippen molar-refractivity contribution in [2.75, 3.05) is 26.2 Å². The molecule has 1 aromatic heterocycles. The number of rotatable bonds is 8. The molecule has 1 atom stereocenters. The number of nitrogens with one attached hydrogen (secondary N) is 2. The molecule has 25 heavy (non-hydrogen) atoms. The Hall–Kier alpha value is -2.47. The smallest absolute Gasteiger partial charge is 0.191 e. The van der Waals surface area contributed by atoms with Gasteiger partial charge in [0.15, 0.2) is 5.96 Å². The van der Waals surface area contributed by atoms with Gasteiger partial charge in [-0.15, -0.1) is 0 Å². The minimum atomic E-state index is -1.15. The summed E-state index contributed by atoms with van der Waals surface area (Å²) in [6, 6.07) is 11.4. The molecule has 0 bridgehead atoms. The zero-order chi connectivity index (χ0) is 18.1. The molecule has 6 nitrogen and oxygen atoms in total. The van der Waals surface area contributed by atoms with E-state index < -0.39 is 5.60 Å². The van der Waals surface area contributed by atoms with Gasteiger partial charge in [0.2, 0.25) is 0 Å². The lowest BCUT2D eigenvalue weighted by Crippen LogP contribution is -2.40. The number of hydrogen-bond donors (Lipinski definition) is 3. The molecule has 0 saturated carbocycles. The van der Waals surface area contributed by atoms with E-state index in [1.54, 1.807) is 25.3 Å². The lowest BCUT2D eigenvalue weighted by molar-refractivity contribution is 0.0437. The second-order valence-corrected chi connectivity index (χ2v) is 6.04. The van der Waals surface area contributed by atoms with Gasteiger partial charge in [-0.3, -0.25) is 0 Å². The monoisotopic (exact) mass is 345 g/mol. The maximum atomic E-state index is 10.5. The van der Waals surface area contributed by atoms with Crippen LogP contribution in [0.1, 0.15) is 25.2 Å². The third-order valence-corrected chi connectivity index (χ3v) is 3.59. The lowest BCUT2D eigenvalue weighted by Gasteiger charge is -2.19. The Kier molecular flexibility index (Phi) is 6.89. The van der Waals surface area contributed by atoms with Crippen molar-refractivity contribution in [2.24, 2.45) is 4.99 Å². The number of ether oxygens (including phenoxy) is 1. The number of furan rings is 1. The van der Waals surface area contributed by atoms with E-state index >= 15 is 0 Å². The molecule has 2 rings (SSSR count). The molecular formula is C19H27N3O3. The highest BCUT2D eigenvalue weighted by Crippen LogP contribution is 2.21. The number of hydrogen-bond acceptors (Lipinski definition) is 4. The van der Waals surface area contributed by atoms with Gasteiger partial charge in [0, 0.05) is 6.54 Å². The van der Waals surface area contributed by atoms with Crippen molar-refractivity contribution in [3.63, 3.8) is 0 Å². The maximum Gasteiger partial charge on any atom is 0.191 e. The lowest BCUT2D eigenvalue weighted by atomic mass is 10.0. The molecule has 0 aliphatic heterocycles. The largest absolute Gasteiger partial charge is 0.492 e. The number of benzene rings is 1. The second kappa shape index (κ2) is 9.13. The fraction of sp³-hybridized carbons (Fsp3) is 0.421. The van der Waals surface area contributed by atoms with Gasteiger partial charge in [-0.25, -0.2) is 4.99 Å². The number of aliphatic imine (C=N–C) groups is 1. The van der Waals surface area contributed by atoms with Crippen LogP contribution in [0.4, 0.5) is 0 Å². The predicted molar refractivity (Wildman–Crippen MR) is 98.9 cm³/mol. The quantitative estimate of drug-likeness (QED) is 0.389. The average Bonchev–Trinajstić information content (AvgIpc) is 3.12. The Morgan fingerprint density at radius 2 is 2.12 bits per heavy atom. The summed E-state index contributed by atoms with van der Waals surface area (Å²) in [5.41, 5.74) is 0.0183. The Labute approximate surface area is 148 Å². The first-order chi connectivity index (χ1) is 12.0. The molecule has 0 spiro atoms. The summed E-state index contributed by atoms with van der Waals surface area (Å²) in [4.78, 5) is 4.43. The fourth-order valence-electron chi connectivity index (χ4n) is 2.28. The molecule has 0 aliphatic rings. The first-order valence-corrected chi connectivity index (χ1v) is 8.49. The van der Waals surface area contributed by atoms with Gasteiger partial charge < -0.3 is 24.9 Å². The van der Waals surface area contributed by atoms with E-state index in [1.165, 1.54) is 5.56 Å². The molecule has 0 radical (unpaired) electrons. The van der Waals surface area contributed by atoms with Gasteiger partial charge in [-0.2, -0.15) is 0 Å². The van der Waals surface area contributed by atoms with Gasteiger partial charge in [0.1, 0.15) is 23.7 Å². The van der Waals surface area contributed by atoms with Crippen molar-refractivity contribution in [1.82, 2.24) is 10.6 Å². The third-order valence-electron chi connectivity index (χ3n) is 3.59. The summed E-state index contributed by atoms with van der Waals surface area (Å²) in [5, 5.41) is 16.8. The fourth-order valence-corrected chi connectivity index (χ4v) is 2.28. The van der Waals surface area contributed by atoms with Gasteiger partial charge >= 0.3 is 0 Å². The van der Waals surface area contributed by atoms with Crippen LogP contribution in [0.15, 0.2) is 52.1 Å². The Morgan fingerprint density at radius 1 is 1.28 bits per heavy atom. The Morgan fingerprint density at radius 3 is 2.80 bits per heavy atom. The molecule has 6 heteroatoms. The molecule has 0 aliphatic carbocycles. The first-order valence-electron chi connectivity index (χ1n) is 8.49. The number of aryl methyl sites for hydroxylation is 1. The van der Waals surface area contributed by atoms with Crippen LogP contribution >= 0.6 is 0 Å². The van der Waals surface area contributed by atoms with Crippen molar-refractivity contribution >= 4 is 5.96 Å². The summed E-state index contributed by atoms with van der Waals surface area (Å²) in [6.45, 7) is 7.74. The van der Waals surface area contributed by atoms with Crippen LogP contribution in [0.2, 0.25) is 0 Å². The molecule has 0 fully saturated rings. The zero-order valence-electron chi connectivity index (χ0n) is 15.1. The summed E-state index contributed by atoms with van der Waals surface area (Å²) < 4.78 is 11.0. The van der Waals surface area contributed by atoms with Crippen molar-refractivity contribution in [1.29, 1.82) is 0 Å². The Balaban J connectivity index is 1.83. The van der Waals surface area contributed by atoms with Crippen molar-refractivity contribution < 1.29 is 14.3 Å². The van der Waals surface area contributed by atoms with Crippen molar-refractivity contribution in [2.45, 2.75) is 26.4 Å². The number of guanidine groups is 1. The van der Waals surface area contributed by atoms with E-state index in [2.05, 4.69) is 15.6 Å². The van der Waals surface area contributed by atoms with Gasteiger partial charge in [-0.05, 0) is 50.6 Å². The normalized spacial score (nSPS) is 14.0. The van der Waals surface area contributed by atoms with Crippen LogP contribution in [-0.4, -0.2) is 37.3 Å². The van der Waals surface area contributed by atoms with Crippen LogP contribution in [0, 0.1) is 6.92 Å². The summed E-state index contributed by atoms with van der Waals surface area (Å²) in [6.07, 6.45) is 1.54. The van der Waals surface area contributed by atoms with Gasteiger partial charge in [0.05, 0.1) is 19.4 Å². The average molecular weight is 345 g/mol. The minimum absolute atomic E-state index is 0.189. The van der Waals surface area contributed by atoms with E-state index in [-0.39, 0.29) is 6.54 Å².